The van der Waals surface area contributed by atoms with Crippen LogP contribution < -0.4 is 0 Å². The van der Waals surface area contributed by atoms with Gasteiger partial charge in [0.15, 0.2) is 5.79 Å². The Labute approximate surface area is 144 Å². The Hall–Kier alpha value is -2.06. The van der Waals surface area contributed by atoms with Crippen molar-refractivity contribution in [2.24, 2.45) is 0 Å². The molecule has 1 aliphatic heterocycles. The summed E-state index contributed by atoms with van der Waals surface area (Å²) in [6, 6.07) is 7.62. The number of hydrogen-bond donors (Lipinski definition) is 0. The van der Waals surface area contributed by atoms with E-state index in [0.29, 0.717) is 0 Å². The van der Waals surface area contributed by atoms with Gasteiger partial charge >= 0.3 is 17.9 Å². The molecule has 1 fully saturated rings. The number of esters is 2. The fourth-order valence-corrected chi connectivity index (χ4v) is 2.35. The van der Waals surface area contributed by atoms with Crippen LogP contribution in [-0.4, -0.2) is 49.1 Å². The second-order valence-electron chi connectivity index (χ2n) is 5.90. The fourth-order valence-electron chi connectivity index (χ4n) is 2.35. The normalized spacial score (nSPS) is 20.8. The van der Waals surface area contributed by atoms with Gasteiger partial charge in [-0.15, -0.1) is 0 Å². The Morgan fingerprint density at radius 2 is 1.96 bits per heavy atom. The number of ether oxygens (including phenoxy) is 4. The fraction of sp³-hybridized carbons (Fsp3) is 0.529. The number of hydrogen-bond acceptors (Lipinski definition) is 6. The number of alkyl halides is 2. The first-order chi connectivity index (χ1) is 11.7. The zero-order valence-electron chi connectivity index (χ0n) is 14.2. The van der Waals surface area contributed by atoms with Gasteiger partial charge in [-0.05, 0) is 32.9 Å². The van der Waals surface area contributed by atoms with Gasteiger partial charge in [-0.1, -0.05) is 18.2 Å². The SMILES string of the molecule is CCOC(=O)C(F)(F)C(OC(=O)c1ccccc1)C1COC(C)(C)O1. The Bertz CT molecular complexity index is 617. The van der Waals surface area contributed by atoms with Crippen molar-refractivity contribution in [3.05, 3.63) is 35.9 Å². The predicted octanol–water partition coefficient (Wildman–Crippen LogP) is 2.56. The molecule has 2 rings (SSSR count). The zero-order valence-corrected chi connectivity index (χ0v) is 14.2. The van der Waals surface area contributed by atoms with E-state index in [1.165, 1.54) is 32.9 Å². The van der Waals surface area contributed by atoms with Crippen LogP contribution in [0.3, 0.4) is 0 Å². The molecule has 25 heavy (non-hydrogen) atoms. The van der Waals surface area contributed by atoms with E-state index in [1.54, 1.807) is 18.2 Å². The summed E-state index contributed by atoms with van der Waals surface area (Å²) >= 11 is 0. The maximum Gasteiger partial charge on any atom is 0.381 e. The Balaban J connectivity index is 2.26. The Morgan fingerprint density at radius 1 is 1.32 bits per heavy atom. The van der Waals surface area contributed by atoms with Crippen LogP contribution in [-0.2, 0) is 23.7 Å². The van der Waals surface area contributed by atoms with Crippen molar-refractivity contribution in [1.82, 2.24) is 0 Å². The molecule has 1 aromatic carbocycles. The quantitative estimate of drug-likeness (QED) is 0.728. The van der Waals surface area contributed by atoms with Gasteiger partial charge in [0, 0.05) is 0 Å². The molecule has 138 valence electrons. The first-order valence-corrected chi connectivity index (χ1v) is 7.80. The van der Waals surface area contributed by atoms with Crippen molar-refractivity contribution in [3.63, 3.8) is 0 Å². The molecule has 0 bridgehead atoms. The van der Waals surface area contributed by atoms with Gasteiger partial charge in [0.2, 0.25) is 6.10 Å². The monoisotopic (exact) mass is 358 g/mol. The second kappa shape index (κ2) is 7.45. The van der Waals surface area contributed by atoms with Gasteiger partial charge in [-0.3, -0.25) is 0 Å². The molecule has 0 radical (unpaired) electrons. The van der Waals surface area contributed by atoms with Gasteiger partial charge in [-0.25, -0.2) is 9.59 Å². The molecular weight excluding hydrogens is 338 g/mol. The summed E-state index contributed by atoms with van der Waals surface area (Å²) in [5.74, 6) is -8.00. The summed E-state index contributed by atoms with van der Waals surface area (Å²) in [7, 11) is 0. The van der Waals surface area contributed by atoms with Crippen LogP contribution in [0.1, 0.15) is 31.1 Å². The number of halogens is 2. The highest BCUT2D eigenvalue weighted by molar-refractivity contribution is 5.90. The summed E-state index contributed by atoms with van der Waals surface area (Å²) in [5, 5.41) is 0. The van der Waals surface area contributed by atoms with Crippen molar-refractivity contribution < 1.29 is 37.3 Å². The first kappa shape index (κ1) is 19.3. The molecule has 8 heteroatoms. The molecule has 1 heterocycles. The summed E-state index contributed by atoms with van der Waals surface area (Å²) < 4.78 is 49.1. The van der Waals surface area contributed by atoms with E-state index >= 15 is 0 Å². The number of carbonyl (C=O) groups excluding carboxylic acids is 2. The summed E-state index contributed by atoms with van der Waals surface area (Å²) in [6.07, 6.45) is -3.50. The molecular formula is C17H20F2O6. The highest BCUT2D eigenvalue weighted by Crippen LogP contribution is 2.34. The van der Waals surface area contributed by atoms with E-state index in [1.807, 2.05) is 0 Å². The highest BCUT2D eigenvalue weighted by atomic mass is 19.3. The number of benzene rings is 1. The average molecular weight is 358 g/mol. The van der Waals surface area contributed by atoms with Crippen LogP contribution >= 0.6 is 0 Å². The van der Waals surface area contributed by atoms with E-state index in [4.69, 9.17) is 14.2 Å². The predicted molar refractivity (Wildman–Crippen MR) is 82.1 cm³/mol. The van der Waals surface area contributed by atoms with E-state index in [9.17, 15) is 18.4 Å². The zero-order chi connectivity index (χ0) is 18.7. The maximum absolute atomic E-state index is 14.6. The van der Waals surface area contributed by atoms with Crippen molar-refractivity contribution >= 4 is 11.9 Å². The van der Waals surface area contributed by atoms with Crippen LogP contribution in [0.4, 0.5) is 8.78 Å². The van der Waals surface area contributed by atoms with Crippen LogP contribution in [0.2, 0.25) is 0 Å². The number of carbonyl (C=O) groups is 2. The molecule has 0 aromatic heterocycles. The molecule has 0 N–H and O–H groups in total. The molecule has 0 aliphatic carbocycles. The van der Waals surface area contributed by atoms with Crippen LogP contribution in [0, 0.1) is 0 Å². The van der Waals surface area contributed by atoms with E-state index < -0.39 is 35.9 Å². The average Bonchev–Trinajstić information content (AvgIpc) is 2.92. The minimum absolute atomic E-state index is 0.0744. The smallest absolute Gasteiger partial charge is 0.381 e. The van der Waals surface area contributed by atoms with Gasteiger partial charge in [-0.2, -0.15) is 8.78 Å². The molecule has 1 aliphatic rings. The van der Waals surface area contributed by atoms with Crippen LogP contribution in [0.15, 0.2) is 30.3 Å². The lowest BCUT2D eigenvalue weighted by Crippen LogP contribution is -2.52. The molecule has 0 saturated carbocycles. The van der Waals surface area contributed by atoms with Gasteiger partial charge < -0.3 is 18.9 Å². The standard InChI is InChI=1S/C17H20F2O6/c1-4-22-15(21)17(18,19)13(12-10-23-16(2,3)25-12)24-14(20)11-8-6-5-7-9-11/h5-9,12-13H,4,10H2,1-3H3. The molecule has 2 unspecified atom stereocenters. The Morgan fingerprint density at radius 3 is 2.48 bits per heavy atom. The van der Waals surface area contributed by atoms with Crippen molar-refractivity contribution in [2.75, 3.05) is 13.2 Å². The first-order valence-electron chi connectivity index (χ1n) is 7.80. The molecule has 2 atom stereocenters. The lowest BCUT2D eigenvalue weighted by Gasteiger charge is -2.29. The van der Waals surface area contributed by atoms with Crippen molar-refractivity contribution in [3.8, 4) is 0 Å². The Kier molecular flexibility index (Phi) is 5.74. The van der Waals surface area contributed by atoms with Crippen molar-refractivity contribution in [1.29, 1.82) is 0 Å². The van der Waals surface area contributed by atoms with E-state index in [2.05, 4.69) is 4.74 Å². The summed E-state index contributed by atoms with van der Waals surface area (Å²) in [6.45, 7) is 3.98. The van der Waals surface area contributed by atoms with Crippen LogP contribution in [0.25, 0.3) is 0 Å². The highest BCUT2D eigenvalue weighted by Gasteiger charge is 2.58. The third-order valence-electron chi connectivity index (χ3n) is 3.52. The minimum Gasteiger partial charge on any atom is -0.461 e. The van der Waals surface area contributed by atoms with Gasteiger partial charge in [0.1, 0.15) is 6.10 Å². The third-order valence-corrected chi connectivity index (χ3v) is 3.52. The lowest BCUT2D eigenvalue weighted by atomic mass is 10.1. The third kappa shape index (κ3) is 4.52. The topological polar surface area (TPSA) is 71.1 Å². The van der Waals surface area contributed by atoms with E-state index in [0.717, 1.165) is 0 Å². The molecule has 0 amide bonds. The van der Waals surface area contributed by atoms with Crippen LogP contribution in [0.5, 0.6) is 0 Å². The maximum atomic E-state index is 14.6. The molecule has 1 saturated heterocycles. The van der Waals surface area contributed by atoms with Gasteiger partial charge in [0.25, 0.3) is 0 Å². The van der Waals surface area contributed by atoms with Gasteiger partial charge in [0.05, 0.1) is 18.8 Å². The largest absolute Gasteiger partial charge is 0.461 e. The second-order valence-corrected chi connectivity index (χ2v) is 5.90. The molecule has 1 aromatic rings. The summed E-state index contributed by atoms with van der Waals surface area (Å²) in [4.78, 5) is 23.9. The molecule has 6 nitrogen and oxygen atoms in total. The lowest BCUT2D eigenvalue weighted by molar-refractivity contribution is -0.210. The summed E-state index contributed by atoms with van der Waals surface area (Å²) in [5.41, 5.74) is 0.0744. The minimum atomic E-state index is -4.09. The number of rotatable bonds is 6. The molecule has 0 spiro atoms. The van der Waals surface area contributed by atoms with E-state index in [-0.39, 0.29) is 18.8 Å². The van der Waals surface area contributed by atoms with Crippen molar-refractivity contribution in [2.45, 2.75) is 44.7 Å².